The number of nitrogens with one attached hydrogen (secondary N) is 2. The molecule has 20 heavy (non-hydrogen) atoms. The van der Waals surface area contributed by atoms with Crippen LogP contribution < -0.4 is 11.1 Å². The second-order valence-electron chi connectivity index (χ2n) is 5.73. The van der Waals surface area contributed by atoms with Crippen LogP contribution in [0.15, 0.2) is 23.2 Å². The lowest BCUT2D eigenvalue weighted by molar-refractivity contribution is 0.508. The maximum Gasteiger partial charge on any atom is 0.189 e. The number of hydrogen-bond acceptors (Lipinski definition) is 2. The van der Waals surface area contributed by atoms with Crippen molar-refractivity contribution in [1.29, 1.82) is 0 Å². The molecule has 0 atom stereocenters. The highest BCUT2D eigenvalue weighted by atomic mass is 127. The molecule has 2 rings (SSSR count). The SMILES string of the molecule is Cc1cccc2[nH]c(CN=C(N)NC(C)(C)C)nc12.I. The molecular weight excluding hydrogens is 365 g/mol. The van der Waals surface area contributed by atoms with E-state index in [-0.39, 0.29) is 29.5 Å². The number of aliphatic imine (C=N–C) groups is 1. The summed E-state index contributed by atoms with van der Waals surface area (Å²) in [5.74, 6) is 1.26. The largest absolute Gasteiger partial charge is 0.370 e. The smallest absolute Gasteiger partial charge is 0.189 e. The van der Waals surface area contributed by atoms with Gasteiger partial charge in [-0.1, -0.05) is 12.1 Å². The summed E-state index contributed by atoms with van der Waals surface area (Å²) in [6.45, 7) is 8.62. The molecule has 0 unspecified atom stereocenters. The fourth-order valence-corrected chi connectivity index (χ4v) is 1.89. The standard InChI is InChI=1S/C14H21N5.HI/c1-9-6-5-7-10-12(9)18-11(17-10)8-16-13(15)19-14(2,3)4;/h5-7H,8H2,1-4H3,(H,17,18)(H3,15,16,19);1H. The molecule has 0 fully saturated rings. The average molecular weight is 387 g/mol. The Morgan fingerprint density at radius 2 is 2.10 bits per heavy atom. The Bertz CT molecular complexity index is 610. The lowest BCUT2D eigenvalue weighted by atomic mass is 10.1. The molecule has 1 aromatic heterocycles. The predicted octanol–water partition coefficient (Wildman–Crippen LogP) is 2.69. The summed E-state index contributed by atoms with van der Waals surface area (Å²) in [7, 11) is 0. The van der Waals surface area contributed by atoms with E-state index in [4.69, 9.17) is 5.73 Å². The Labute approximate surface area is 136 Å². The van der Waals surface area contributed by atoms with Crippen molar-refractivity contribution in [3.05, 3.63) is 29.6 Å². The van der Waals surface area contributed by atoms with Crippen LogP contribution in [0.2, 0.25) is 0 Å². The molecule has 6 heteroatoms. The predicted molar refractivity (Wildman–Crippen MR) is 94.5 cm³/mol. The fourth-order valence-electron chi connectivity index (χ4n) is 1.89. The number of hydrogen-bond donors (Lipinski definition) is 3. The van der Waals surface area contributed by atoms with E-state index in [9.17, 15) is 0 Å². The van der Waals surface area contributed by atoms with Gasteiger partial charge in [-0.3, -0.25) is 0 Å². The number of H-pyrrole nitrogens is 1. The monoisotopic (exact) mass is 387 g/mol. The van der Waals surface area contributed by atoms with E-state index >= 15 is 0 Å². The minimum atomic E-state index is -0.0853. The van der Waals surface area contributed by atoms with E-state index in [1.54, 1.807) is 0 Å². The summed E-state index contributed by atoms with van der Waals surface area (Å²) < 4.78 is 0. The van der Waals surface area contributed by atoms with Crippen molar-refractivity contribution in [2.75, 3.05) is 0 Å². The van der Waals surface area contributed by atoms with Gasteiger partial charge in [-0.15, -0.1) is 24.0 Å². The first kappa shape index (κ1) is 16.7. The van der Waals surface area contributed by atoms with E-state index in [0.29, 0.717) is 12.5 Å². The molecule has 1 heterocycles. The number of nitrogens with two attached hydrogens (primary N) is 1. The summed E-state index contributed by atoms with van der Waals surface area (Å²) in [5.41, 5.74) is 8.93. The number of aryl methyl sites for hydroxylation is 1. The number of para-hydroxylation sites is 1. The van der Waals surface area contributed by atoms with Crippen LogP contribution in [0.5, 0.6) is 0 Å². The maximum absolute atomic E-state index is 5.83. The zero-order valence-electron chi connectivity index (χ0n) is 12.3. The van der Waals surface area contributed by atoms with Gasteiger partial charge in [-0.2, -0.15) is 0 Å². The molecule has 0 bridgehead atoms. The third-order valence-corrected chi connectivity index (χ3v) is 2.67. The molecule has 4 N–H and O–H groups in total. The topological polar surface area (TPSA) is 79.1 Å². The van der Waals surface area contributed by atoms with E-state index in [1.165, 1.54) is 0 Å². The minimum absolute atomic E-state index is 0. The Morgan fingerprint density at radius 1 is 1.40 bits per heavy atom. The number of imidazole rings is 1. The third-order valence-electron chi connectivity index (χ3n) is 2.67. The highest BCUT2D eigenvalue weighted by Crippen LogP contribution is 2.15. The van der Waals surface area contributed by atoms with Gasteiger partial charge in [0.15, 0.2) is 5.96 Å². The van der Waals surface area contributed by atoms with Crippen LogP contribution in [0.4, 0.5) is 0 Å². The van der Waals surface area contributed by atoms with Gasteiger partial charge in [0.05, 0.1) is 11.0 Å². The normalized spacial score (nSPS) is 12.3. The molecule has 2 aromatic rings. The molecule has 0 amide bonds. The van der Waals surface area contributed by atoms with Crippen molar-refractivity contribution in [1.82, 2.24) is 15.3 Å². The molecule has 0 radical (unpaired) electrons. The molecule has 0 aliphatic carbocycles. The van der Waals surface area contributed by atoms with Crippen LogP contribution in [0, 0.1) is 6.92 Å². The van der Waals surface area contributed by atoms with E-state index in [2.05, 4.69) is 20.3 Å². The molecule has 110 valence electrons. The van der Waals surface area contributed by atoms with Crippen molar-refractivity contribution in [3.8, 4) is 0 Å². The molecule has 1 aromatic carbocycles. The molecule has 0 saturated heterocycles. The number of rotatable bonds is 2. The van der Waals surface area contributed by atoms with E-state index < -0.39 is 0 Å². The Balaban J connectivity index is 0.00000200. The third kappa shape index (κ3) is 4.36. The molecule has 5 nitrogen and oxygen atoms in total. The zero-order chi connectivity index (χ0) is 14.0. The molecule has 0 aliphatic rings. The van der Waals surface area contributed by atoms with Crippen molar-refractivity contribution in [3.63, 3.8) is 0 Å². The van der Waals surface area contributed by atoms with Crippen LogP contribution in [0.3, 0.4) is 0 Å². The highest BCUT2D eigenvalue weighted by molar-refractivity contribution is 14.0. The highest BCUT2D eigenvalue weighted by Gasteiger charge is 2.10. The number of aromatic amines is 1. The summed E-state index contributed by atoms with van der Waals surface area (Å²) in [4.78, 5) is 12.1. The quantitative estimate of drug-likeness (QED) is 0.421. The maximum atomic E-state index is 5.83. The molecule has 0 aliphatic heterocycles. The van der Waals surface area contributed by atoms with Crippen LogP contribution in [0.25, 0.3) is 11.0 Å². The number of benzene rings is 1. The van der Waals surface area contributed by atoms with Gasteiger partial charge < -0.3 is 16.0 Å². The Kier molecular flexibility index (Phi) is 5.38. The van der Waals surface area contributed by atoms with Crippen molar-refractivity contribution < 1.29 is 0 Å². The first-order valence-corrected chi connectivity index (χ1v) is 6.37. The molecular formula is C14H22IN5. The zero-order valence-corrected chi connectivity index (χ0v) is 14.6. The first-order valence-electron chi connectivity index (χ1n) is 6.37. The summed E-state index contributed by atoms with van der Waals surface area (Å²) in [6, 6.07) is 6.07. The Morgan fingerprint density at radius 3 is 2.70 bits per heavy atom. The van der Waals surface area contributed by atoms with Gasteiger partial charge in [0.25, 0.3) is 0 Å². The second-order valence-corrected chi connectivity index (χ2v) is 5.73. The number of halogens is 1. The summed E-state index contributed by atoms with van der Waals surface area (Å²) >= 11 is 0. The van der Waals surface area contributed by atoms with Gasteiger partial charge >= 0.3 is 0 Å². The van der Waals surface area contributed by atoms with Gasteiger partial charge in [0, 0.05) is 5.54 Å². The first-order chi connectivity index (χ1) is 8.85. The van der Waals surface area contributed by atoms with Crippen molar-refractivity contribution in [2.24, 2.45) is 10.7 Å². The van der Waals surface area contributed by atoms with Crippen LogP contribution in [-0.2, 0) is 6.54 Å². The van der Waals surface area contributed by atoms with Crippen LogP contribution in [0.1, 0.15) is 32.2 Å². The minimum Gasteiger partial charge on any atom is -0.370 e. The molecule has 0 saturated carbocycles. The fraction of sp³-hybridized carbons (Fsp3) is 0.429. The van der Waals surface area contributed by atoms with Gasteiger partial charge in [0.2, 0.25) is 0 Å². The molecule has 0 spiro atoms. The van der Waals surface area contributed by atoms with Crippen LogP contribution in [-0.4, -0.2) is 21.5 Å². The summed E-state index contributed by atoms with van der Waals surface area (Å²) in [5, 5.41) is 3.12. The van der Waals surface area contributed by atoms with Crippen molar-refractivity contribution >= 4 is 41.0 Å². The van der Waals surface area contributed by atoms with E-state index in [1.807, 2.05) is 45.9 Å². The number of fused-ring (bicyclic) bond motifs is 1. The number of nitrogens with zero attached hydrogens (tertiary/aromatic N) is 2. The Hall–Kier alpha value is -1.31. The van der Waals surface area contributed by atoms with Crippen molar-refractivity contribution in [2.45, 2.75) is 39.8 Å². The second kappa shape index (κ2) is 6.43. The van der Waals surface area contributed by atoms with E-state index in [0.717, 1.165) is 22.4 Å². The van der Waals surface area contributed by atoms with Gasteiger partial charge in [-0.05, 0) is 39.3 Å². The number of aromatic nitrogens is 2. The number of guanidine groups is 1. The van der Waals surface area contributed by atoms with Gasteiger partial charge in [-0.25, -0.2) is 9.98 Å². The average Bonchev–Trinajstić information content (AvgIpc) is 2.68. The lowest BCUT2D eigenvalue weighted by Gasteiger charge is -2.20. The summed E-state index contributed by atoms with van der Waals surface area (Å²) in [6.07, 6.45) is 0. The van der Waals surface area contributed by atoms with Gasteiger partial charge in [0.1, 0.15) is 12.4 Å². The lowest BCUT2D eigenvalue weighted by Crippen LogP contribution is -2.45. The van der Waals surface area contributed by atoms with Crippen LogP contribution >= 0.6 is 24.0 Å².